The minimum Gasteiger partial charge on any atom is -0.477 e. The molecule has 0 aromatic carbocycles. The first-order valence-electron chi connectivity index (χ1n) is 35.7. The number of aliphatic carboxylic acids is 1. The van der Waals surface area contributed by atoms with Crippen LogP contribution in [0.15, 0.2) is 0 Å². The number of carboxylic acid groups (broad SMARTS) is 1. The zero-order valence-corrected chi connectivity index (χ0v) is 59.4. The van der Waals surface area contributed by atoms with Crippen molar-refractivity contribution in [2.75, 3.05) is 59.5 Å². The molecule has 53 nitrogen and oxygen atoms in total. The van der Waals surface area contributed by atoms with E-state index in [2.05, 4.69) is 0 Å². The molecule has 35 N–H and O–H groups in total. The molecule has 9 saturated heterocycles. The molecule has 53 heteroatoms. The molecule has 114 heavy (non-hydrogen) atoms. The van der Waals surface area contributed by atoms with Crippen molar-refractivity contribution < 1.29 is 264 Å². The molecule has 9 fully saturated rings. The summed E-state index contributed by atoms with van der Waals surface area (Å²) in [5, 5.41) is 384. The first-order chi connectivity index (χ1) is 53.7. The van der Waals surface area contributed by atoms with E-state index in [0.717, 1.165) is 0 Å². The lowest BCUT2D eigenvalue weighted by Gasteiger charge is -2.53. The maximum atomic E-state index is 12.9. The first-order valence-corrected chi connectivity index (χ1v) is 35.7. The topological polar surface area (TPSA) is 882 Å². The van der Waals surface area contributed by atoms with Gasteiger partial charge in [0.15, 0.2) is 50.3 Å². The molecule has 0 aromatic rings. The van der Waals surface area contributed by atoms with Gasteiger partial charge in [0.2, 0.25) is 0 Å². The molecule has 9 aliphatic heterocycles. The molecule has 50 atom stereocenters. The third-order valence-electron chi connectivity index (χ3n) is 21.0. The Labute approximate surface area is 640 Å². The number of ether oxygens (including phenoxy) is 17. The Morgan fingerprint density at radius 3 is 1.09 bits per heavy atom. The van der Waals surface area contributed by atoms with Crippen LogP contribution in [0.5, 0.6) is 0 Å². The molecule has 0 aromatic heterocycles. The summed E-state index contributed by atoms with van der Waals surface area (Å²) in [5.74, 6) is -5.63. The van der Waals surface area contributed by atoms with E-state index in [1.165, 1.54) is 0 Å². The smallest absolute Gasteiger partial charge is 0.364 e. The zero-order valence-electron chi connectivity index (χ0n) is 59.4. The van der Waals surface area contributed by atoms with Crippen LogP contribution in [0, 0.1) is 0 Å². The Hall–Kier alpha value is -2.57. The fourth-order valence-corrected chi connectivity index (χ4v) is 14.3. The number of carbonyl (C=O) groups is 1. The quantitative estimate of drug-likeness (QED) is 0.0297. The van der Waals surface area contributed by atoms with E-state index in [1.54, 1.807) is 0 Å². The van der Waals surface area contributed by atoms with E-state index < -0.39 is 378 Å². The summed E-state index contributed by atoms with van der Waals surface area (Å²) >= 11 is 0. The highest BCUT2D eigenvalue weighted by molar-refractivity contribution is 5.75. The summed E-state index contributed by atoms with van der Waals surface area (Å²) in [6, 6.07) is 0. The van der Waals surface area contributed by atoms with Crippen LogP contribution in [-0.4, -0.2) is 551 Å². The highest BCUT2D eigenvalue weighted by Gasteiger charge is 2.63. The van der Waals surface area contributed by atoms with Gasteiger partial charge in [-0.2, -0.15) is 0 Å². The Bertz CT molecular complexity index is 2910. The minimum atomic E-state index is -3.42. The number of aliphatic hydroxyl groups excluding tert-OH is 33. The average molecular weight is 1690 g/mol. The Morgan fingerprint density at radius 2 is 0.623 bits per heavy atom. The molecule has 666 valence electrons. The number of carboxylic acids is 1. The summed E-state index contributed by atoms with van der Waals surface area (Å²) in [7, 11) is 0. The lowest BCUT2D eigenvalue weighted by atomic mass is 9.91. The normalized spacial score (nSPS) is 50.2. The van der Waals surface area contributed by atoms with Crippen LogP contribution in [-0.2, 0) is 85.3 Å². The number of hydrogen-bond acceptors (Lipinski definition) is 52. The highest BCUT2D eigenvalue weighted by atomic mass is 16.8. The molecule has 0 saturated carbocycles. The summed E-state index contributed by atoms with van der Waals surface area (Å²) in [6.07, 6.45) is -118. The molecule has 9 aliphatic rings. The van der Waals surface area contributed by atoms with Gasteiger partial charge in [-0.15, -0.1) is 0 Å². The van der Waals surface area contributed by atoms with Crippen LogP contribution in [0.2, 0.25) is 0 Å². The zero-order chi connectivity index (χ0) is 84.5. The molecule has 0 spiro atoms. The molecule has 9 heterocycles. The van der Waals surface area contributed by atoms with Crippen LogP contribution in [0.1, 0.15) is 6.42 Å². The van der Waals surface area contributed by atoms with Gasteiger partial charge < -0.3 is 259 Å². The largest absolute Gasteiger partial charge is 0.477 e. The van der Waals surface area contributed by atoms with E-state index in [4.69, 9.17) is 80.5 Å². The van der Waals surface area contributed by atoms with Gasteiger partial charge in [0, 0.05) is 6.42 Å². The molecule has 0 bridgehead atoms. The summed E-state index contributed by atoms with van der Waals surface area (Å²) in [4.78, 5) is 12.3. The van der Waals surface area contributed by atoms with Gasteiger partial charge in [-0.3, -0.25) is 0 Å². The van der Waals surface area contributed by atoms with Crippen LogP contribution in [0.4, 0.5) is 0 Å². The first kappa shape index (κ1) is 95.3. The monoisotopic (exact) mass is 1680 g/mol. The van der Waals surface area contributed by atoms with Crippen LogP contribution in [0.25, 0.3) is 0 Å². The van der Waals surface area contributed by atoms with Gasteiger partial charge in [-0.1, -0.05) is 0 Å². The lowest BCUT2D eigenvalue weighted by Crippen LogP contribution is -2.71. The van der Waals surface area contributed by atoms with Crippen molar-refractivity contribution >= 4 is 5.97 Å². The Kier molecular flexibility index (Phi) is 33.9. The fraction of sp³-hybridized carbons (Fsp3) is 0.984. The fourth-order valence-electron chi connectivity index (χ4n) is 14.3. The predicted molar refractivity (Wildman–Crippen MR) is 338 cm³/mol. The third-order valence-corrected chi connectivity index (χ3v) is 21.0. The molecular formula is C61H104O53. The Balaban J connectivity index is 1.12. The number of hydrogen-bond donors (Lipinski definition) is 35. The molecule has 0 aliphatic carbocycles. The lowest BCUT2D eigenvalue weighted by molar-refractivity contribution is -0.419. The van der Waals surface area contributed by atoms with Crippen molar-refractivity contribution in [3.63, 3.8) is 0 Å². The van der Waals surface area contributed by atoms with E-state index >= 15 is 0 Å². The van der Waals surface area contributed by atoms with Crippen molar-refractivity contribution in [3.05, 3.63) is 0 Å². The van der Waals surface area contributed by atoms with Crippen molar-refractivity contribution in [2.45, 2.75) is 313 Å². The maximum Gasteiger partial charge on any atom is 0.364 e. The molecule has 0 radical (unpaired) electrons. The van der Waals surface area contributed by atoms with Crippen molar-refractivity contribution in [2.24, 2.45) is 0 Å². The number of aliphatic hydroxyl groups is 34. The summed E-state index contributed by atoms with van der Waals surface area (Å²) in [6.45, 7) is -11.7. The van der Waals surface area contributed by atoms with E-state index in [9.17, 15) is 184 Å². The van der Waals surface area contributed by atoms with Crippen molar-refractivity contribution in [1.29, 1.82) is 0 Å². The van der Waals surface area contributed by atoms with Gasteiger partial charge in [0.25, 0.3) is 5.79 Å². The second-order valence-electron chi connectivity index (χ2n) is 28.6. The molecule has 0 amide bonds. The van der Waals surface area contributed by atoms with Gasteiger partial charge in [-0.25, -0.2) is 4.79 Å². The van der Waals surface area contributed by atoms with Crippen molar-refractivity contribution in [3.8, 4) is 0 Å². The van der Waals surface area contributed by atoms with Gasteiger partial charge in [0.05, 0.1) is 65.6 Å². The third kappa shape index (κ3) is 19.9. The van der Waals surface area contributed by atoms with E-state index in [-0.39, 0.29) is 0 Å². The van der Waals surface area contributed by atoms with Crippen molar-refractivity contribution in [1.82, 2.24) is 0 Å². The standard InChI is InChI=1S/C61H104O53/c62-2-12(71)41-29(83)27(81)37(91)55(104-41)102-18(8-68)46-48(110-54-35(89)25(79)22(76)17(7-67)100-54)33(87)39(93)52(108-46)98-10-20-23(77)26(80)36(90)56(103-20)113-51-47(19(9-69)101-53-34(88)24(78)21(75)16(6-66)99-53)109-58(107-44-11(70)1-61(97,60(95)96)114-45(44)15(74)5-65)40(94)49(51)111-59-50(32(86)31(85)43(106-59)14(73)4-64)112-57-38(92)28(82)30(84)42(105-57)13(72)3-63/h11-59,62-94,97H,1-10H2,(H,95,96)/t11-,12?,13?,14?,15-,16-,17-,18?,19?,20-,21-,22-,23-,24+,25+,26+,27?,28?,29?,30?,31?,32?,33?,34-,35-,36-,37?,38?,39?,40?,41?,42?,43?,44-,45-,46?,47?,48?,49?,50?,51?,52?,53-,54+,55?,56+,57?,58?,59?,61-/m1/s1. The van der Waals surface area contributed by atoms with Gasteiger partial charge in [0.1, 0.15) is 244 Å². The van der Waals surface area contributed by atoms with Gasteiger partial charge in [-0.05, 0) is 0 Å². The second-order valence-corrected chi connectivity index (χ2v) is 28.6. The maximum absolute atomic E-state index is 12.9. The van der Waals surface area contributed by atoms with Crippen LogP contribution >= 0.6 is 0 Å². The molecule has 9 rings (SSSR count). The van der Waals surface area contributed by atoms with Crippen LogP contribution < -0.4 is 0 Å². The average Bonchev–Trinajstić information content (AvgIpc) is 0.754. The second kappa shape index (κ2) is 40.6. The van der Waals surface area contributed by atoms with Gasteiger partial charge >= 0.3 is 5.97 Å². The predicted octanol–water partition coefficient (Wildman–Crippen LogP) is -24.0. The van der Waals surface area contributed by atoms with E-state index in [0.29, 0.717) is 0 Å². The van der Waals surface area contributed by atoms with Crippen LogP contribution in [0.3, 0.4) is 0 Å². The highest BCUT2D eigenvalue weighted by Crippen LogP contribution is 2.43. The molecular weight excluding hydrogens is 1580 g/mol. The Morgan fingerprint density at radius 1 is 0.307 bits per heavy atom. The number of rotatable bonds is 32. The summed E-state index contributed by atoms with van der Waals surface area (Å²) < 4.78 is 98.9. The molecule has 30 unspecified atom stereocenters. The minimum absolute atomic E-state index is 1.07. The SMILES string of the molecule is O=C(O)[C@@]1(O)C[C@@H](O)[C@@H](OC2OC(C(CO)O[C@H]3O[C@H](CO)[C@@H](O)[C@H](O)[C@H]3O)C(O[C@@H]3O[C@H](COC4OC(C(CO)OC5OC(C(O)CO)C(O)C(O)C5O)C(O[C@@H]5O[C@H](CO)[C@@H](O)[C@H](O)[C@H]5O)C(O)C4O)[C@@H](O)[C@H](O)[C@H]3O)C(OC3OC(C(O)CO)C(O)C(O)C3OC3OC(C(O)CO)C(O)C(O)C3O)C2O)[C@@H]([C@H](O)CO)O1. The van der Waals surface area contributed by atoms with E-state index in [1.807, 2.05) is 0 Å². The summed E-state index contributed by atoms with van der Waals surface area (Å²) in [5.41, 5.74) is 0.